The molecule has 0 spiro atoms. The molecule has 0 radical (unpaired) electrons. The monoisotopic (exact) mass is 1840 g/mol. The topological polar surface area (TPSA) is 120 Å². The van der Waals surface area contributed by atoms with E-state index >= 15 is 0 Å². The molecule has 4 atom stereocenters. The van der Waals surface area contributed by atoms with E-state index in [1.165, 1.54) is 156 Å². The minimum absolute atomic E-state index is 0.0509. The van der Waals surface area contributed by atoms with Crippen molar-refractivity contribution >= 4 is 87.8 Å². The van der Waals surface area contributed by atoms with Gasteiger partial charge in [0.1, 0.15) is 72.9 Å². The molecule has 4 aliphatic carbocycles. The molecule has 680 valence electrons. The van der Waals surface area contributed by atoms with Crippen LogP contribution in [0, 0.1) is 55.1 Å². The fraction of sp³-hybridized carbons (Fsp3) is 0.290. The molecule has 24 rings (SSSR count). The van der Waals surface area contributed by atoms with Gasteiger partial charge in [-0.15, -0.1) is 0 Å². The SMILES string of the molecule is [2H]C([2H])([2H])c1cc(-c2c(C)ccc3c2oc2c4c(ccc23)C(C([2H])([2H])[2H])(C([2H])([2H])[2H])c2cccnc2-4)[n+](C)cc1C([2H])(C)C([2H])([2H])[2H].[2H]C([2H])([2H])c1cc(-c2c(C)ccc3c2oc2c4c(ccc23)C(C([2H])([2H])[2H])(C([2H])([2H])[2H])c2ccncc2-4)[n+](C)cc1C([2H])(C)C([2H])([2H])[2H].[2H]C([2H])([2H])c1cc(-c2c(C)ccc3c2oc2c4c(ccc23)C(C([2H])([2H])[2H])(C([2H])([2H])[2H])c2cnccc2-4)[n+](C)cc1C([2H])(C)C([2H])([2H])[2H].[2H]C([2H])([2H])c1cc(-c2c(C)ccc3c2oc2c4c(ccc23)C(C([2H])([2H])[2H])(C([2H])([2H])[2H])c2ncccc2-4)[n+](C)cc1C([2H])(C)C([2H])([2H])[2H]. The van der Waals surface area contributed by atoms with Gasteiger partial charge < -0.3 is 17.7 Å². The maximum absolute atomic E-state index is 8.68. The van der Waals surface area contributed by atoms with Gasteiger partial charge in [0.05, 0.1) is 33.6 Å². The first-order valence-electron chi connectivity index (χ1n) is 69.8. The summed E-state index contributed by atoms with van der Waals surface area (Å²) in [7, 11) is 6.50. The van der Waals surface area contributed by atoms with Gasteiger partial charge >= 0.3 is 0 Å². The first kappa shape index (κ1) is 47.6. The fourth-order valence-corrected chi connectivity index (χ4v) is 20.6. The van der Waals surface area contributed by atoms with E-state index in [9.17, 15) is 0 Å². The average molecular weight is 1840 g/mol. The van der Waals surface area contributed by atoms with Gasteiger partial charge in [-0.05, 0) is 192 Å². The highest BCUT2D eigenvalue weighted by atomic mass is 16.3. The molecule has 12 nitrogen and oxygen atoms in total. The zero-order valence-electron chi connectivity index (χ0n) is 128. The third-order valence-corrected chi connectivity index (χ3v) is 27.3. The van der Waals surface area contributed by atoms with Crippen LogP contribution >= 0.6 is 0 Å². The number of benzene rings is 8. The average Bonchev–Trinajstić information content (AvgIpc) is 1.52. The summed E-state index contributed by atoms with van der Waals surface area (Å²) in [5.41, 5.74) is 0.135. The van der Waals surface area contributed by atoms with Crippen LogP contribution < -0.4 is 18.3 Å². The van der Waals surface area contributed by atoms with Crippen molar-refractivity contribution in [3.63, 3.8) is 0 Å². The Kier molecular flexibility index (Phi) is 11.2. The van der Waals surface area contributed by atoms with Crippen LogP contribution in [-0.2, 0) is 49.9 Å². The molecule has 136 heavy (non-hydrogen) atoms. The molecule has 0 N–H and O–H groups in total. The summed E-state index contributed by atoms with van der Waals surface area (Å²) in [6.45, 7) is -34.3. The minimum atomic E-state index is -3.00. The Bertz CT molecular complexity index is 9540. The summed E-state index contributed by atoms with van der Waals surface area (Å²) in [6, 6.07) is 41.9. The summed E-state index contributed by atoms with van der Waals surface area (Å²) in [6.07, 6.45) is 13.8. The molecule has 12 aromatic heterocycles. The third kappa shape index (κ3) is 13.3. The van der Waals surface area contributed by atoms with Crippen LogP contribution in [0.1, 0.15) is 316 Å². The van der Waals surface area contributed by atoms with Gasteiger partial charge in [-0.1, -0.05) is 219 Å². The van der Waals surface area contributed by atoms with Gasteiger partial charge in [-0.2, -0.15) is 0 Å². The predicted octanol–water partition coefficient (Wildman–Crippen LogP) is 30.1. The number of aromatic nitrogens is 8. The van der Waals surface area contributed by atoms with E-state index in [1.807, 2.05) is 55.5 Å². The Balaban J connectivity index is 0.000000139. The molecular weight excluding hydrogens is 1670 g/mol. The highest BCUT2D eigenvalue weighted by Gasteiger charge is 2.44. The van der Waals surface area contributed by atoms with E-state index < -0.39 is 155 Å². The smallest absolute Gasteiger partial charge is 0.216 e. The molecule has 8 aromatic carbocycles. The van der Waals surface area contributed by atoms with Crippen LogP contribution in [0.4, 0.5) is 0 Å². The highest BCUT2D eigenvalue weighted by Crippen LogP contribution is 2.59. The van der Waals surface area contributed by atoms with Crippen molar-refractivity contribution in [2.24, 2.45) is 28.2 Å². The minimum Gasteiger partial charge on any atom is -0.454 e. The summed E-state index contributed by atoms with van der Waals surface area (Å²) in [4.78, 5) is 17.1. The van der Waals surface area contributed by atoms with Crippen LogP contribution in [0.5, 0.6) is 0 Å². The number of hydrogen-bond acceptors (Lipinski definition) is 8. The van der Waals surface area contributed by atoms with Crippen molar-refractivity contribution in [2.75, 3.05) is 0 Å². The Morgan fingerprint density at radius 3 is 0.993 bits per heavy atom. The largest absolute Gasteiger partial charge is 0.454 e. The van der Waals surface area contributed by atoms with Crippen molar-refractivity contribution in [1.82, 2.24) is 19.9 Å². The Hall–Kier alpha value is -13.8. The lowest BCUT2D eigenvalue weighted by Crippen LogP contribution is -2.32. The van der Waals surface area contributed by atoms with E-state index in [0.717, 1.165) is 0 Å². The van der Waals surface area contributed by atoms with Crippen molar-refractivity contribution in [2.45, 2.75) is 210 Å². The van der Waals surface area contributed by atoms with Crippen LogP contribution in [0.3, 0.4) is 0 Å². The van der Waals surface area contributed by atoms with Crippen LogP contribution in [-0.4, -0.2) is 19.9 Å². The summed E-state index contributed by atoms with van der Waals surface area (Å²) in [5, 5.41) is 4.77. The number of hydrogen-bond donors (Lipinski definition) is 0. The van der Waals surface area contributed by atoms with Gasteiger partial charge in [0.2, 0.25) is 22.8 Å². The van der Waals surface area contributed by atoms with Gasteiger partial charge in [-0.3, -0.25) is 19.9 Å². The second kappa shape index (κ2) is 31.9. The van der Waals surface area contributed by atoms with E-state index in [2.05, 4.69) is 19.9 Å². The van der Waals surface area contributed by atoms with Crippen LogP contribution in [0.2, 0.25) is 0 Å². The number of pyridine rings is 8. The maximum Gasteiger partial charge on any atom is 0.216 e. The Morgan fingerprint density at radius 2 is 0.603 bits per heavy atom. The zero-order valence-corrected chi connectivity index (χ0v) is 76.0. The molecular formula is C124H124N8O4+4. The van der Waals surface area contributed by atoms with E-state index in [-0.39, 0.29) is 123 Å². The third-order valence-electron chi connectivity index (χ3n) is 27.3. The Morgan fingerprint density at radius 1 is 0.287 bits per heavy atom. The van der Waals surface area contributed by atoms with Gasteiger partial charge in [0.15, 0.2) is 24.8 Å². The predicted molar refractivity (Wildman–Crippen MR) is 557 cm³/mol. The zero-order chi connectivity index (χ0) is 139. The first-order chi connectivity index (χ1) is 85.8. The standard InChI is InChI=1S/4C31H31N2O/c1-17(2)23-16-33(7)26(14-19(23)4)27-18(3)8-9-20-21-10-11-25-28(30(21)34-29(20)27)22-15-32-13-12-24(22)31(25,5)6;1-17(2)23-16-33(7)26(14-19(23)4)27-18(3)8-9-20-21-10-11-24-28(30(21)34-29(20)27)22-12-13-32-15-25(22)31(24,5)6;1-17(2)22-16-33(7)25(15-19(22)4)26-18(3)10-11-20-21-12-13-23-27(30(21)34-29(20)26)28-24(31(23,5)6)9-8-14-32-28;1-17(2)23-16-33(7)25(15-19(23)4)26-18(3)10-11-20-21-12-13-24-27(29(21)34-28(20)26)22-9-8-14-32-30(22)31(24,5)6/h4*8-17H,1-7H3/q4*+1/i4*1D3,4D3,5D3,6D3,17D. The van der Waals surface area contributed by atoms with Crippen molar-refractivity contribution in [3.8, 4) is 89.7 Å². The molecule has 0 fully saturated rings. The number of fused-ring (bicyclic) bond motifs is 28. The van der Waals surface area contributed by atoms with Gasteiger partial charge in [0.25, 0.3) is 0 Å². The van der Waals surface area contributed by atoms with Crippen LogP contribution in [0.15, 0.2) is 237 Å². The van der Waals surface area contributed by atoms with Gasteiger partial charge in [0, 0.05) is 253 Å². The quantitative estimate of drug-likeness (QED) is 0.138. The second-order valence-electron chi connectivity index (χ2n) is 35.9. The number of aryl methyl sites for hydroxylation is 12. The molecule has 0 aliphatic heterocycles. The van der Waals surface area contributed by atoms with Crippen molar-refractivity contribution < 1.29 is 107 Å². The molecule has 0 amide bonds. The van der Waals surface area contributed by atoms with Crippen molar-refractivity contribution in [3.05, 3.63) is 331 Å². The lowest BCUT2D eigenvalue weighted by molar-refractivity contribution is -0.661. The number of rotatable bonds is 8. The van der Waals surface area contributed by atoms with E-state index in [0.29, 0.717) is 166 Å². The Labute approximate surface area is 871 Å². The lowest BCUT2D eigenvalue weighted by atomic mass is 9.82. The molecule has 0 bridgehead atoms. The fourth-order valence-electron chi connectivity index (χ4n) is 20.6. The molecule has 0 saturated heterocycles. The number of nitrogens with zero attached hydrogens (tertiary/aromatic N) is 8. The molecule has 12 heterocycles. The highest BCUT2D eigenvalue weighted by molar-refractivity contribution is 6.19. The van der Waals surface area contributed by atoms with Crippen LogP contribution in [0.25, 0.3) is 177 Å². The summed E-state index contributed by atoms with van der Waals surface area (Å²) in [5.74, 6) is -8.92. The van der Waals surface area contributed by atoms with E-state index in [4.69, 9.17) is 88.9 Å². The lowest BCUT2D eigenvalue weighted by Gasteiger charge is -2.20. The summed E-state index contributed by atoms with van der Waals surface area (Å²) >= 11 is 0. The molecule has 0 saturated carbocycles. The normalized spacial score (nSPS) is 23.1. The molecule has 4 aliphatic rings. The summed E-state index contributed by atoms with van der Waals surface area (Å²) < 4.78 is 466. The molecule has 12 heteroatoms. The second-order valence-corrected chi connectivity index (χ2v) is 35.9. The van der Waals surface area contributed by atoms with Gasteiger partial charge in [-0.25, -0.2) is 18.3 Å². The maximum atomic E-state index is 8.68. The first-order valence-corrected chi connectivity index (χ1v) is 43.8. The van der Waals surface area contributed by atoms with Crippen molar-refractivity contribution in [1.29, 1.82) is 0 Å². The van der Waals surface area contributed by atoms with E-state index in [1.54, 1.807) is 110 Å². The molecule has 20 aromatic rings. The molecule has 4 unspecified atom stereocenters. The number of furan rings is 4.